The van der Waals surface area contributed by atoms with Gasteiger partial charge in [0.25, 0.3) is 0 Å². The monoisotopic (exact) mass is 581 g/mol. The van der Waals surface area contributed by atoms with E-state index in [4.69, 9.17) is 14.2 Å². The number of nitrogens with zero attached hydrogens (tertiary/aromatic N) is 1. The number of carbonyl (C=O) groups excluding carboxylic acids is 1. The first-order chi connectivity index (χ1) is 20.2. The molecule has 3 rings (SSSR count). The maximum atomic E-state index is 13.4. The SMILES string of the molecule is CCc1cc(OCCCOc2cccc(OCCCCC(=O)N(C)C)c2CCC(=O)O)cc(O)c1-c1ccc(F)cc1. The summed E-state index contributed by atoms with van der Waals surface area (Å²) in [6.07, 6.45) is 3.25. The third-order valence-electron chi connectivity index (χ3n) is 6.72. The summed E-state index contributed by atoms with van der Waals surface area (Å²) in [4.78, 5) is 24.6. The van der Waals surface area contributed by atoms with Gasteiger partial charge >= 0.3 is 5.97 Å². The number of carboxylic acid groups (broad SMARTS) is 1. The van der Waals surface area contributed by atoms with Gasteiger partial charge in [0.1, 0.15) is 28.8 Å². The molecular formula is C33H40FNO7. The van der Waals surface area contributed by atoms with Crippen molar-refractivity contribution in [3.63, 3.8) is 0 Å². The van der Waals surface area contributed by atoms with Crippen LogP contribution in [0.25, 0.3) is 11.1 Å². The van der Waals surface area contributed by atoms with Crippen LogP contribution in [0.4, 0.5) is 4.39 Å². The summed E-state index contributed by atoms with van der Waals surface area (Å²) in [7, 11) is 3.46. The van der Waals surface area contributed by atoms with Crippen LogP contribution in [0.3, 0.4) is 0 Å². The summed E-state index contributed by atoms with van der Waals surface area (Å²) in [5.41, 5.74) is 2.97. The van der Waals surface area contributed by atoms with Gasteiger partial charge in [-0.05, 0) is 67.1 Å². The number of aliphatic carboxylic acids is 1. The van der Waals surface area contributed by atoms with Crippen LogP contribution in [0.1, 0.15) is 50.2 Å². The molecule has 226 valence electrons. The summed E-state index contributed by atoms with van der Waals surface area (Å²) in [5.74, 6) is 0.555. The van der Waals surface area contributed by atoms with E-state index in [0.717, 1.165) is 11.1 Å². The standard InChI is InChI=1S/C33H40FNO7/c1-4-23-21-26(22-28(36)33(23)24-12-14-25(34)15-13-24)40-19-8-20-42-30-10-7-9-29(27(30)16-17-32(38)39)41-18-6-5-11-31(37)35(2)3/h7,9-10,12-15,21-22,36H,4-6,8,11,16-20H2,1-3H3,(H,38,39). The fourth-order valence-corrected chi connectivity index (χ4v) is 4.48. The van der Waals surface area contributed by atoms with Crippen LogP contribution in [-0.2, 0) is 22.4 Å². The van der Waals surface area contributed by atoms with E-state index in [-0.39, 0.29) is 30.3 Å². The van der Waals surface area contributed by atoms with Crippen molar-refractivity contribution in [1.82, 2.24) is 4.90 Å². The van der Waals surface area contributed by atoms with Crippen LogP contribution >= 0.6 is 0 Å². The van der Waals surface area contributed by atoms with Crippen molar-refractivity contribution < 1.29 is 38.4 Å². The third kappa shape index (κ3) is 9.68. The van der Waals surface area contributed by atoms with E-state index >= 15 is 0 Å². The summed E-state index contributed by atoms with van der Waals surface area (Å²) < 4.78 is 31.2. The van der Waals surface area contributed by atoms with Gasteiger partial charge < -0.3 is 29.3 Å². The minimum absolute atomic E-state index is 0.0612. The molecule has 1 amide bonds. The number of ether oxygens (including phenoxy) is 3. The molecule has 0 saturated carbocycles. The van der Waals surface area contributed by atoms with Crippen molar-refractivity contribution in [1.29, 1.82) is 0 Å². The number of halogens is 1. The largest absolute Gasteiger partial charge is 0.507 e. The molecule has 3 aromatic carbocycles. The fourth-order valence-electron chi connectivity index (χ4n) is 4.48. The molecule has 0 saturated heterocycles. The number of rotatable bonds is 17. The van der Waals surface area contributed by atoms with E-state index in [2.05, 4.69) is 0 Å². The molecule has 0 aliphatic carbocycles. The smallest absolute Gasteiger partial charge is 0.303 e. The van der Waals surface area contributed by atoms with Crippen LogP contribution in [-0.4, -0.2) is 60.9 Å². The van der Waals surface area contributed by atoms with Crippen LogP contribution in [0.2, 0.25) is 0 Å². The van der Waals surface area contributed by atoms with Gasteiger partial charge in [-0.1, -0.05) is 25.1 Å². The highest BCUT2D eigenvalue weighted by atomic mass is 19.1. The second-order valence-corrected chi connectivity index (χ2v) is 10.1. The molecule has 0 bridgehead atoms. The van der Waals surface area contributed by atoms with Crippen LogP contribution in [0.5, 0.6) is 23.0 Å². The van der Waals surface area contributed by atoms with Crippen molar-refractivity contribution >= 4 is 11.9 Å². The molecule has 3 aromatic rings. The number of unbranched alkanes of at least 4 members (excludes halogenated alkanes) is 1. The van der Waals surface area contributed by atoms with Gasteiger partial charge in [0.05, 0.1) is 19.8 Å². The van der Waals surface area contributed by atoms with Gasteiger partial charge in [0.15, 0.2) is 0 Å². The van der Waals surface area contributed by atoms with Crippen molar-refractivity contribution in [2.24, 2.45) is 0 Å². The van der Waals surface area contributed by atoms with Crippen molar-refractivity contribution in [3.8, 4) is 34.1 Å². The first-order valence-electron chi connectivity index (χ1n) is 14.2. The number of carboxylic acids is 1. The number of amides is 1. The molecule has 0 radical (unpaired) electrons. The number of aryl methyl sites for hydroxylation is 1. The van der Waals surface area contributed by atoms with E-state index in [9.17, 15) is 24.2 Å². The topological polar surface area (TPSA) is 106 Å². The summed E-state index contributed by atoms with van der Waals surface area (Å²) >= 11 is 0. The van der Waals surface area contributed by atoms with Gasteiger partial charge in [-0.2, -0.15) is 0 Å². The van der Waals surface area contributed by atoms with Crippen LogP contribution in [0.15, 0.2) is 54.6 Å². The molecule has 0 aliphatic rings. The van der Waals surface area contributed by atoms with Crippen molar-refractivity contribution in [2.75, 3.05) is 33.9 Å². The number of aromatic hydroxyl groups is 1. The van der Waals surface area contributed by atoms with Gasteiger partial charge in [-0.3, -0.25) is 9.59 Å². The molecule has 0 heterocycles. The van der Waals surface area contributed by atoms with Gasteiger partial charge in [0, 0.05) is 50.6 Å². The zero-order valence-corrected chi connectivity index (χ0v) is 24.5. The lowest BCUT2D eigenvalue weighted by Crippen LogP contribution is -2.21. The van der Waals surface area contributed by atoms with Gasteiger partial charge in [-0.15, -0.1) is 0 Å². The molecule has 42 heavy (non-hydrogen) atoms. The Labute approximate surface area is 246 Å². The highest BCUT2D eigenvalue weighted by Gasteiger charge is 2.15. The summed E-state index contributed by atoms with van der Waals surface area (Å²) in [6, 6.07) is 14.8. The maximum Gasteiger partial charge on any atom is 0.303 e. The van der Waals surface area contributed by atoms with E-state index in [1.807, 2.05) is 13.0 Å². The number of hydrogen-bond donors (Lipinski definition) is 2. The minimum atomic E-state index is -0.911. The first kappa shape index (κ1) is 32.2. The zero-order chi connectivity index (χ0) is 30.5. The highest BCUT2D eigenvalue weighted by Crippen LogP contribution is 2.37. The van der Waals surface area contributed by atoms with Gasteiger partial charge in [0.2, 0.25) is 5.91 Å². The maximum absolute atomic E-state index is 13.4. The molecule has 0 unspecified atom stereocenters. The summed E-state index contributed by atoms with van der Waals surface area (Å²) in [6.45, 7) is 3.05. The Morgan fingerprint density at radius 1 is 0.857 bits per heavy atom. The normalized spacial score (nSPS) is 10.8. The number of phenolic OH excluding ortho intramolecular Hbond substituents is 1. The van der Waals surface area contributed by atoms with E-state index in [1.165, 1.54) is 12.1 Å². The Balaban J connectivity index is 1.56. The molecule has 0 atom stereocenters. The molecule has 0 aliphatic heterocycles. The van der Waals surface area contributed by atoms with E-state index in [0.29, 0.717) is 80.3 Å². The highest BCUT2D eigenvalue weighted by molar-refractivity contribution is 5.75. The Hall–Kier alpha value is -4.27. The lowest BCUT2D eigenvalue weighted by molar-refractivity contribution is -0.137. The molecule has 0 aromatic heterocycles. The minimum Gasteiger partial charge on any atom is -0.507 e. The third-order valence-corrected chi connectivity index (χ3v) is 6.72. The Bertz CT molecular complexity index is 1320. The van der Waals surface area contributed by atoms with Gasteiger partial charge in [-0.25, -0.2) is 4.39 Å². The molecule has 0 spiro atoms. The number of hydrogen-bond acceptors (Lipinski definition) is 6. The average molecular weight is 582 g/mol. The molecular weight excluding hydrogens is 541 g/mol. The first-order valence-corrected chi connectivity index (χ1v) is 14.2. The number of phenols is 1. The fraction of sp³-hybridized carbons (Fsp3) is 0.394. The predicted octanol–water partition coefficient (Wildman–Crippen LogP) is 6.26. The second-order valence-electron chi connectivity index (χ2n) is 10.1. The summed E-state index contributed by atoms with van der Waals surface area (Å²) in [5, 5.41) is 19.9. The average Bonchev–Trinajstić information content (AvgIpc) is 2.96. The van der Waals surface area contributed by atoms with Crippen LogP contribution < -0.4 is 14.2 Å². The Kier molecular flexibility index (Phi) is 12.5. The molecule has 8 nitrogen and oxygen atoms in total. The van der Waals surface area contributed by atoms with Crippen molar-refractivity contribution in [2.45, 2.75) is 51.9 Å². The predicted molar refractivity (Wildman–Crippen MR) is 159 cm³/mol. The molecule has 9 heteroatoms. The molecule has 0 fully saturated rings. The zero-order valence-electron chi connectivity index (χ0n) is 24.5. The van der Waals surface area contributed by atoms with E-state index < -0.39 is 5.97 Å². The quantitative estimate of drug-likeness (QED) is 0.181. The lowest BCUT2D eigenvalue weighted by atomic mass is 9.96. The number of carbonyl (C=O) groups is 2. The van der Waals surface area contributed by atoms with Crippen LogP contribution in [0, 0.1) is 5.82 Å². The lowest BCUT2D eigenvalue weighted by Gasteiger charge is -2.17. The molecule has 2 N–H and O–H groups in total. The Morgan fingerprint density at radius 2 is 1.50 bits per heavy atom. The van der Waals surface area contributed by atoms with Crippen molar-refractivity contribution in [3.05, 3.63) is 71.5 Å². The Morgan fingerprint density at radius 3 is 2.12 bits per heavy atom. The number of benzene rings is 3. The van der Waals surface area contributed by atoms with E-state index in [1.54, 1.807) is 55.4 Å². The second kappa shape index (κ2) is 16.2.